The smallest absolute Gasteiger partial charge is 0.437 e. The van der Waals surface area contributed by atoms with Crippen LogP contribution in [0.2, 0.25) is 0 Å². The molecule has 0 aromatic carbocycles. The Morgan fingerprint density at radius 3 is 2.71 bits per heavy atom. The monoisotopic (exact) mass is 424 g/mol. The number of nitrogens with zero attached hydrogens (tertiary/aromatic N) is 1. The van der Waals surface area contributed by atoms with Gasteiger partial charge in [-0.25, -0.2) is 13.9 Å². The highest BCUT2D eigenvalue weighted by Gasteiger charge is 2.42. The van der Waals surface area contributed by atoms with E-state index in [0.29, 0.717) is 6.20 Å². The van der Waals surface area contributed by atoms with Gasteiger partial charge in [-0.15, -0.1) is 0 Å². The summed E-state index contributed by atoms with van der Waals surface area (Å²) in [6.07, 6.45) is -1.10. The molecule has 158 valence electrons. The number of esters is 1. The Balaban J connectivity index is 2.08. The lowest BCUT2D eigenvalue weighted by Crippen LogP contribution is -2.44. The number of aromatic nitrogens is 2. The van der Waals surface area contributed by atoms with Crippen molar-refractivity contribution in [1.82, 2.24) is 9.55 Å². The third-order valence-electron chi connectivity index (χ3n) is 3.74. The van der Waals surface area contributed by atoms with E-state index in [0.717, 1.165) is 4.57 Å². The number of hydrogen-bond donors (Lipinski definition) is 1. The first-order valence-electron chi connectivity index (χ1n) is 8.22. The van der Waals surface area contributed by atoms with Crippen molar-refractivity contribution in [2.75, 3.05) is 20.5 Å². The molecule has 0 saturated carbocycles. The van der Waals surface area contributed by atoms with Gasteiger partial charge < -0.3 is 9.47 Å². The van der Waals surface area contributed by atoms with E-state index in [9.17, 15) is 23.3 Å². The van der Waals surface area contributed by atoms with Crippen molar-refractivity contribution in [3.8, 4) is 0 Å². The number of phosphoric acid groups is 1. The van der Waals surface area contributed by atoms with E-state index in [1.807, 2.05) is 0 Å². The summed E-state index contributed by atoms with van der Waals surface area (Å²) in [5.74, 6) is -1.76. The molecule has 1 fully saturated rings. The standard InChI is InChI=1S/C15H22FN2O9P/c1-15(2,3)13(20)24-8-26-28(22)25-7-11(23-4)10(27-28)6-18-5-9(16)12(19)17-14(18)21/h5,10-11H,6-8H2,1-4H3,(H,17,19,21)/t10-,11+,28?/m0/s1. The summed E-state index contributed by atoms with van der Waals surface area (Å²) in [5, 5.41) is 0. The number of carbonyl (C=O) groups excluding carboxylic acids is 1. The van der Waals surface area contributed by atoms with Crippen molar-refractivity contribution in [2.24, 2.45) is 5.41 Å². The average Bonchev–Trinajstić information content (AvgIpc) is 2.59. The van der Waals surface area contributed by atoms with Gasteiger partial charge in [-0.05, 0) is 20.8 Å². The number of ether oxygens (including phenoxy) is 2. The first-order valence-corrected chi connectivity index (χ1v) is 9.68. The van der Waals surface area contributed by atoms with E-state index in [1.165, 1.54) is 7.11 Å². The van der Waals surface area contributed by atoms with Crippen LogP contribution < -0.4 is 11.2 Å². The van der Waals surface area contributed by atoms with Crippen molar-refractivity contribution in [2.45, 2.75) is 39.5 Å². The Morgan fingerprint density at radius 1 is 1.43 bits per heavy atom. The third kappa shape index (κ3) is 5.58. The highest BCUT2D eigenvalue weighted by atomic mass is 31.2. The first kappa shape index (κ1) is 22.4. The minimum atomic E-state index is -4.14. The number of aromatic amines is 1. The zero-order valence-electron chi connectivity index (χ0n) is 15.8. The molecular formula is C15H22FN2O9P. The molecule has 0 bridgehead atoms. The Labute approximate surface area is 159 Å². The SMILES string of the molecule is CO[C@@H]1COP(=O)(OCOC(=O)C(C)(C)C)O[C@H]1Cn1cc(F)c(=O)[nH]c1=O. The summed E-state index contributed by atoms with van der Waals surface area (Å²) in [4.78, 5) is 36.5. The summed E-state index contributed by atoms with van der Waals surface area (Å²) in [5.41, 5.74) is -2.83. The maximum Gasteiger partial charge on any atom is 0.478 e. The van der Waals surface area contributed by atoms with Crippen molar-refractivity contribution < 1.29 is 36.8 Å². The number of nitrogens with one attached hydrogen (secondary N) is 1. The van der Waals surface area contributed by atoms with Crippen LogP contribution in [-0.4, -0.2) is 48.2 Å². The maximum atomic E-state index is 13.5. The highest BCUT2D eigenvalue weighted by Crippen LogP contribution is 2.54. The molecule has 1 saturated heterocycles. The van der Waals surface area contributed by atoms with Crippen LogP contribution in [0.1, 0.15) is 20.8 Å². The molecule has 0 aliphatic carbocycles. The number of methoxy groups -OCH3 is 1. The van der Waals surface area contributed by atoms with Crippen LogP contribution in [0.25, 0.3) is 0 Å². The molecule has 1 aromatic rings. The Hall–Kier alpha value is -1.85. The number of hydrogen-bond acceptors (Lipinski definition) is 9. The largest absolute Gasteiger partial charge is 0.478 e. The fraction of sp³-hybridized carbons (Fsp3) is 0.667. The average molecular weight is 424 g/mol. The molecule has 2 rings (SSSR count). The molecule has 1 aliphatic rings. The quantitative estimate of drug-likeness (QED) is 0.399. The van der Waals surface area contributed by atoms with Gasteiger partial charge in [0.1, 0.15) is 12.2 Å². The number of halogens is 1. The topological polar surface area (TPSA) is 135 Å². The van der Waals surface area contributed by atoms with Crippen LogP contribution >= 0.6 is 7.82 Å². The number of phosphoric ester groups is 1. The summed E-state index contributed by atoms with van der Waals surface area (Å²) in [6.45, 7) is 3.70. The molecule has 0 amide bonds. The van der Waals surface area contributed by atoms with E-state index in [1.54, 1.807) is 25.8 Å². The van der Waals surface area contributed by atoms with E-state index in [-0.39, 0.29) is 13.2 Å². The van der Waals surface area contributed by atoms with Crippen LogP contribution in [0.4, 0.5) is 4.39 Å². The van der Waals surface area contributed by atoms with Crippen LogP contribution in [0.15, 0.2) is 15.8 Å². The van der Waals surface area contributed by atoms with Gasteiger partial charge >= 0.3 is 19.5 Å². The van der Waals surface area contributed by atoms with Gasteiger partial charge in [0.05, 0.1) is 24.8 Å². The van der Waals surface area contributed by atoms with Gasteiger partial charge in [0.2, 0.25) is 12.6 Å². The van der Waals surface area contributed by atoms with Crippen LogP contribution in [0, 0.1) is 11.2 Å². The lowest BCUT2D eigenvalue weighted by molar-refractivity contribution is -0.162. The van der Waals surface area contributed by atoms with Crippen LogP contribution in [-0.2, 0) is 38.9 Å². The minimum absolute atomic E-state index is 0.216. The second-order valence-corrected chi connectivity index (χ2v) is 8.60. The zero-order chi connectivity index (χ0) is 21.1. The first-order chi connectivity index (χ1) is 12.9. The molecule has 1 unspecified atom stereocenters. The number of H-pyrrole nitrogens is 1. The normalized spacial score (nSPS) is 25.5. The molecule has 1 N–H and O–H groups in total. The molecular weight excluding hydrogens is 402 g/mol. The van der Waals surface area contributed by atoms with Gasteiger partial charge in [0.25, 0.3) is 5.56 Å². The molecule has 3 atom stereocenters. The molecule has 28 heavy (non-hydrogen) atoms. The second-order valence-electron chi connectivity index (χ2n) is 6.98. The van der Waals surface area contributed by atoms with E-state index >= 15 is 0 Å². The molecule has 2 heterocycles. The number of rotatable bonds is 6. The predicted molar refractivity (Wildman–Crippen MR) is 92.0 cm³/mol. The molecule has 0 radical (unpaired) electrons. The molecule has 0 spiro atoms. The lowest BCUT2D eigenvalue weighted by Gasteiger charge is -2.34. The Kier molecular flexibility index (Phi) is 6.94. The van der Waals surface area contributed by atoms with E-state index < -0.39 is 55.3 Å². The predicted octanol–water partition coefficient (Wildman–Crippen LogP) is 0.778. The Bertz CT molecular complexity index is 875. The molecule has 11 nitrogen and oxygen atoms in total. The number of carbonyl (C=O) groups is 1. The molecule has 13 heteroatoms. The summed E-state index contributed by atoms with van der Waals surface area (Å²) < 4.78 is 52.2. The van der Waals surface area contributed by atoms with Gasteiger partial charge in [0, 0.05) is 7.11 Å². The zero-order valence-corrected chi connectivity index (χ0v) is 16.7. The van der Waals surface area contributed by atoms with E-state index in [2.05, 4.69) is 0 Å². The van der Waals surface area contributed by atoms with Crippen LogP contribution in [0.5, 0.6) is 0 Å². The van der Waals surface area contributed by atoms with Crippen molar-refractivity contribution in [3.05, 3.63) is 32.9 Å². The Morgan fingerprint density at radius 2 is 2.11 bits per heavy atom. The van der Waals surface area contributed by atoms with Gasteiger partial charge in [-0.3, -0.25) is 28.2 Å². The fourth-order valence-corrected chi connectivity index (χ4v) is 3.39. The third-order valence-corrected chi connectivity index (χ3v) is 5.15. The summed E-state index contributed by atoms with van der Waals surface area (Å²) in [6, 6.07) is 0. The molecule has 1 aliphatic heterocycles. The fourth-order valence-electron chi connectivity index (χ4n) is 2.15. The van der Waals surface area contributed by atoms with Crippen molar-refractivity contribution >= 4 is 13.8 Å². The highest BCUT2D eigenvalue weighted by molar-refractivity contribution is 7.48. The van der Waals surface area contributed by atoms with Crippen molar-refractivity contribution in [1.29, 1.82) is 0 Å². The maximum absolute atomic E-state index is 13.5. The molecule has 1 aromatic heterocycles. The van der Waals surface area contributed by atoms with Crippen LogP contribution in [0.3, 0.4) is 0 Å². The minimum Gasteiger partial charge on any atom is -0.437 e. The van der Waals surface area contributed by atoms with Gasteiger partial charge in [0.15, 0.2) is 0 Å². The summed E-state index contributed by atoms with van der Waals surface area (Å²) >= 11 is 0. The van der Waals surface area contributed by atoms with Gasteiger partial charge in [-0.2, -0.15) is 4.39 Å². The van der Waals surface area contributed by atoms with Gasteiger partial charge in [-0.1, -0.05) is 0 Å². The second kappa shape index (κ2) is 8.66. The van der Waals surface area contributed by atoms with Crippen molar-refractivity contribution in [3.63, 3.8) is 0 Å². The lowest BCUT2D eigenvalue weighted by atomic mass is 9.98. The summed E-state index contributed by atoms with van der Waals surface area (Å²) in [7, 11) is -2.80. The van der Waals surface area contributed by atoms with E-state index in [4.69, 9.17) is 23.0 Å².